The third-order valence-electron chi connectivity index (χ3n) is 4.01. The number of nitrogens with one attached hydrogen (secondary N) is 1. The van der Waals surface area contributed by atoms with E-state index in [9.17, 15) is 4.79 Å². The highest BCUT2D eigenvalue weighted by molar-refractivity contribution is 5.88. The highest BCUT2D eigenvalue weighted by Crippen LogP contribution is 2.24. The molecule has 5 heteroatoms. The van der Waals surface area contributed by atoms with Crippen molar-refractivity contribution in [1.29, 1.82) is 0 Å². The van der Waals surface area contributed by atoms with Crippen molar-refractivity contribution < 1.29 is 4.79 Å². The molecule has 5 nitrogen and oxygen atoms in total. The zero-order chi connectivity index (χ0) is 14.5. The summed E-state index contributed by atoms with van der Waals surface area (Å²) in [7, 11) is 0. The van der Waals surface area contributed by atoms with Gasteiger partial charge in [-0.05, 0) is 44.1 Å². The van der Waals surface area contributed by atoms with Crippen LogP contribution in [0.25, 0.3) is 0 Å². The second-order valence-corrected chi connectivity index (χ2v) is 5.84. The molecule has 2 rings (SSSR count). The third kappa shape index (κ3) is 3.92. The molecule has 20 heavy (non-hydrogen) atoms. The first-order valence-electron chi connectivity index (χ1n) is 7.42. The number of anilines is 1. The lowest BCUT2D eigenvalue weighted by Gasteiger charge is -2.21. The summed E-state index contributed by atoms with van der Waals surface area (Å²) in [6, 6.07) is 1.67. The van der Waals surface area contributed by atoms with E-state index in [1.54, 1.807) is 12.3 Å². The largest absolute Gasteiger partial charge is 0.324 e. The Morgan fingerprint density at radius 3 is 2.90 bits per heavy atom. The number of carbonyl (C=O) groups is 1. The molecular weight excluding hydrogens is 252 g/mol. The maximum absolute atomic E-state index is 12.3. The van der Waals surface area contributed by atoms with Crippen molar-refractivity contribution in [3.05, 3.63) is 18.1 Å². The van der Waals surface area contributed by atoms with Crippen LogP contribution in [0.3, 0.4) is 0 Å². The van der Waals surface area contributed by atoms with Gasteiger partial charge in [0.05, 0.1) is 0 Å². The van der Waals surface area contributed by atoms with E-state index in [-0.39, 0.29) is 6.03 Å². The molecular formula is C15H24N4O. The zero-order valence-corrected chi connectivity index (χ0v) is 12.6. The second-order valence-electron chi connectivity index (χ2n) is 5.84. The summed E-state index contributed by atoms with van der Waals surface area (Å²) in [5, 5.41) is 2.86. The molecule has 1 N–H and O–H groups in total. The number of hydrogen-bond donors (Lipinski definition) is 1. The van der Waals surface area contributed by atoms with Crippen molar-refractivity contribution in [3.63, 3.8) is 0 Å². The summed E-state index contributed by atoms with van der Waals surface area (Å²) in [6.07, 6.45) is 5.05. The van der Waals surface area contributed by atoms with E-state index in [1.165, 1.54) is 6.42 Å². The van der Waals surface area contributed by atoms with Crippen LogP contribution < -0.4 is 5.32 Å². The number of carbonyl (C=O) groups excluding carboxylic acids is 1. The maximum Gasteiger partial charge on any atom is 0.323 e. The van der Waals surface area contributed by atoms with Crippen LogP contribution in [0.1, 0.15) is 38.9 Å². The Bertz CT molecular complexity index is 461. The number of likely N-dealkylation sites (tertiary alicyclic amines) is 1. The number of aromatic nitrogens is 2. The molecule has 0 aromatic carbocycles. The summed E-state index contributed by atoms with van der Waals surface area (Å²) < 4.78 is 0. The molecule has 1 aromatic rings. The van der Waals surface area contributed by atoms with Gasteiger partial charge in [0.2, 0.25) is 0 Å². The Labute approximate surface area is 120 Å². The molecule has 1 aliphatic heterocycles. The molecule has 1 atom stereocenters. The maximum atomic E-state index is 12.3. The summed E-state index contributed by atoms with van der Waals surface area (Å²) in [5.74, 6) is 2.67. The molecule has 0 spiro atoms. The number of amides is 2. The molecule has 1 unspecified atom stereocenters. The highest BCUT2D eigenvalue weighted by Gasteiger charge is 2.22. The van der Waals surface area contributed by atoms with E-state index in [1.807, 2.05) is 11.8 Å². The van der Waals surface area contributed by atoms with Crippen LogP contribution >= 0.6 is 0 Å². The Hall–Kier alpha value is -1.65. The van der Waals surface area contributed by atoms with Gasteiger partial charge >= 0.3 is 6.03 Å². The summed E-state index contributed by atoms with van der Waals surface area (Å²) in [4.78, 5) is 22.4. The molecule has 1 aliphatic rings. The summed E-state index contributed by atoms with van der Waals surface area (Å²) in [6.45, 7) is 8.01. The van der Waals surface area contributed by atoms with E-state index < -0.39 is 0 Å². The minimum Gasteiger partial charge on any atom is -0.324 e. The van der Waals surface area contributed by atoms with Crippen LogP contribution in [-0.4, -0.2) is 34.0 Å². The molecule has 2 heterocycles. The van der Waals surface area contributed by atoms with Gasteiger partial charge < -0.3 is 4.90 Å². The first kappa shape index (κ1) is 14.8. The Kier molecular flexibility index (Phi) is 4.93. The monoisotopic (exact) mass is 276 g/mol. The van der Waals surface area contributed by atoms with Gasteiger partial charge in [-0.15, -0.1) is 0 Å². The van der Waals surface area contributed by atoms with Crippen LogP contribution in [-0.2, 0) is 0 Å². The lowest BCUT2D eigenvalue weighted by atomic mass is 9.89. The first-order chi connectivity index (χ1) is 9.56. The van der Waals surface area contributed by atoms with E-state index in [4.69, 9.17) is 0 Å². The summed E-state index contributed by atoms with van der Waals surface area (Å²) in [5.41, 5.74) is 0. The average Bonchev–Trinajstić information content (AvgIpc) is 2.64. The molecule has 2 amide bonds. The molecule has 0 bridgehead atoms. The van der Waals surface area contributed by atoms with E-state index in [2.05, 4.69) is 29.1 Å². The van der Waals surface area contributed by atoms with Gasteiger partial charge in [0.25, 0.3) is 0 Å². The normalized spacial score (nSPS) is 19.8. The fourth-order valence-electron chi connectivity index (χ4n) is 2.71. The van der Waals surface area contributed by atoms with Crippen LogP contribution in [0.4, 0.5) is 10.6 Å². The average molecular weight is 276 g/mol. The fraction of sp³-hybridized carbons (Fsp3) is 0.667. The van der Waals surface area contributed by atoms with E-state index in [0.717, 1.165) is 31.8 Å². The number of aryl methyl sites for hydroxylation is 1. The van der Waals surface area contributed by atoms with Gasteiger partial charge in [-0.3, -0.25) is 5.32 Å². The number of urea groups is 1. The Morgan fingerprint density at radius 1 is 1.40 bits per heavy atom. The van der Waals surface area contributed by atoms with Gasteiger partial charge in [-0.2, -0.15) is 0 Å². The van der Waals surface area contributed by atoms with Crippen molar-refractivity contribution in [3.8, 4) is 0 Å². The second kappa shape index (κ2) is 6.68. The van der Waals surface area contributed by atoms with Crippen molar-refractivity contribution in [2.75, 3.05) is 18.4 Å². The Balaban J connectivity index is 1.92. The Morgan fingerprint density at radius 2 is 2.20 bits per heavy atom. The van der Waals surface area contributed by atoms with Crippen molar-refractivity contribution in [2.24, 2.45) is 11.8 Å². The lowest BCUT2D eigenvalue weighted by Crippen LogP contribution is -2.36. The first-order valence-corrected chi connectivity index (χ1v) is 7.42. The molecule has 0 radical (unpaired) electrons. The van der Waals surface area contributed by atoms with Gasteiger partial charge in [-0.25, -0.2) is 14.8 Å². The lowest BCUT2D eigenvalue weighted by molar-refractivity contribution is 0.212. The third-order valence-corrected chi connectivity index (χ3v) is 4.01. The minimum absolute atomic E-state index is 0.0486. The van der Waals surface area contributed by atoms with Crippen LogP contribution in [0, 0.1) is 18.8 Å². The van der Waals surface area contributed by atoms with Crippen molar-refractivity contribution in [1.82, 2.24) is 14.9 Å². The topological polar surface area (TPSA) is 58.1 Å². The van der Waals surface area contributed by atoms with Crippen molar-refractivity contribution >= 4 is 11.8 Å². The molecule has 1 aromatic heterocycles. The van der Waals surface area contributed by atoms with E-state index >= 15 is 0 Å². The number of rotatable bonds is 2. The number of hydrogen-bond acceptors (Lipinski definition) is 3. The van der Waals surface area contributed by atoms with Crippen LogP contribution in [0.5, 0.6) is 0 Å². The quantitative estimate of drug-likeness (QED) is 0.903. The molecule has 0 aliphatic carbocycles. The molecule has 110 valence electrons. The predicted octanol–water partition coefficient (Wildman–Crippen LogP) is 3.08. The predicted molar refractivity (Wildman–Crippen MR) is 79.5 cm³/mol. The molecule has 1 fully saturated rings. The van der Waals surface area contributed by atoms with Crippen LogP contribution in [0.15, 0.2) is 12.3 Å². The molecule has 0 saturated carbocycles. The van der Waals surface area contributed by atoms with Gasteiger partial charge in [0, 0.05) is 19.3 Å². The summed E-state index contributed by atoms with van der Waals surface area (Å²) >= 11 is 0. The van der Waals surface area contributed by atoms with Gasteiger partial charge in [0.1, 0.15) is 11.6 Å². The smallest absolute Gasteiger partial charge is 0.323 e. The van der Waals surface area contributed by atoms with Crippen molar-refractivity contribution in [2.45, 2.75) is 40.0 Å². The fourth-order valence-corrected chi connectivity index (χ4v) is 2.71. The SMILES string of the molecule is Cc1nccc(NC(=O)N2CCCC(C(C)C)CC2)n1. The zero-order valence-electron chi connectivity index (χ0n) is 12.6. The van der Waals surface area contributed by atoms with Crippen LogP contribution in [0.2, 0.25) is 0 Å². The highest BCUT2D eigenvalue weighted by atomic mass is 16.2. The van der Waals surface area contributed by atoms with Gasteiger partial charge in [0.15, 0.2) is 0 Å². The number of nitrogens with zero attached hydrogens (tertiary/aromatic N) is 3. The minimum atomic E-state index is -0.0486. The van der Waals surface area contributed by atoms with E-state index in [0.29, 0.717) is 17.6 Å². The van der Waals surface area contributed by atoms with Gasteiger partial charge in [-0.1, -0.05) is 13.8 Å². The molecule has 1 saturated heterocycles. The standard InChI is InChI=1S/C15H24N4O/c1-11(2)13-5-4-9-19(10-7-13)15(20)18-14-6-8-16-12(3)17-14/h6,8,11,13H,4-5,7,9-10H2,1-3H3,(H,16,17,18,20).